The molecule has 0 fully saturated rings. The van der Waals surface area contributed by atoms with Crippen LogP contribution in [0.3, 0.4) is 0 Å². The molecule has 1 unspecified atom stereocenters. The number of carbonyl (C=O) groups excluding carboxylic acids is 2. The summed E-state index contributed by atoms with van der Waals surface area (Å²) in [6.07, 6.45) is 44.9. The van der Waals surface area contributed by atoms with E-state index in [1.807, 2.05) is 43.4 Å². The van der Waals surface area contributed by atoms with Gasteiger partial charge in [-0.3, -0.25) is 23.4 Å². The number of aliphatic hydroxyl groups excluding tert-OH is 2. The van der Waals surface area contributed by atoms with Gasteiger partial charge in [0, 0.05) is 12.8 Å². The molecule has 0 rings (SSSR count). The number of esters is 2. The highest BCUT2D eigenvalue weighted by Crippen LogP contribution is 2.43. The second-order valence-electron chi connectivity index (χ2n) is 13.4. The van der Waals surface area contributed by atoms with Crippen molar-refractivity contribution in [1.82, 2.24) is 0 Å². The summed E-state index contributed by atoms with van der Waals surface area (Å²) >= 11 is 0. The predicted molar refractivity (Wildman–Crippen MR) is 238 cm³/mol. The third kappa shape index (κ3) is 38.0. The lowest BCUT2D eigenvalue weighted by Gasteiger charge is -2.20. The number of aliphatic carboxylic acids is 1. The van der Waals surface area contributed by atoms with Gasteiger partial charge in [-0.05, 0) is 77.0 Å². The second-order valence-corrected chi connectivity index (χ2v) is 14.9. The van der Waals surface area contributed by atoms with Crippen LogP contribution in [0, 0.1) is 0 Å². The van der Waals surface area contributed by atoms with E-state index < -0.39 is 69.9 Å². The van der Waals surface area contributed by atoms with Crippen molar-refractivity contribution in [2.24, 2.45) is 5.73 Å². The SMILES string of the molecule is CC/C=C\C/C=C\C/C=C\C/C=C\CCCCC(=O)O[C@H](COC(=O)CC/C=C\C/C=C\C[C@H](O)/C=C/C=C\C=C\[C@H](O)C/C=C\CC)COP(=O)(O)OC[C@H](N)C(=O)O. The molecule has 0 radical (unpaired) electrons. The van der Waals surface area contributed by atoms with Crippen LogP contribution < -0.4 is 5.73 Å². The Morgan fingerprint density at radius 1 is 0.600 bits per heavy atom. The summed E-state index contributed by atoms with van der Waals surface area (Å²) in [5, 5.41) is 28.8. The monoisotopic (exact) mass is 859 g/mol. The molecule has 0 aliphatic heterocycles. The Morgan fingerprint density at radius 2 is 1.08 bits per heavy atom. The number of carboxylic acids is 1. The van der Waals surface area contributed by atoms with Gasteiger partial charge >= 0.3 is 25.7 Å². The van der Waals surface area contributed by atoms with Gasteiger partial charge in [-0.1, -0.05) is 135 Å². The Bertz CT molecular complexity index is 1510. The van der Waals surface area contributed by atoms with Crippen molar-refractivity contribution in [2.45, 2.75) is 128 Å². The van der Waals surface area contributed by atoms with E-state index in [2.05, 4.69) is 54.0 Å². The summed E-state index contributed by atoms with van der Waals surface area (Å²) in [6, 6.07) is -1.56. The molecule has 13 nitrogen and oxygen atoms in total. The molecular weight excluding hydrogens is 789 g/mol. The Hall–Kier alpha value is -4.20. The smallest absolute Gasteiger partial charge is 0.472 e. The first-order chi connectivity index (χ1) is 28.9. The van der Waals surface area contributed by atoms with Crippen LogP contribution in [0.15, 0.2) is 122 Å². The van der Waals surface area contributed by atoms with E-state index >= 15 is 0 Å². The molecule has 14 heteroatoms. The summed E-state index contributed by atoms with van der Waals surface area (Å²) < 4.78 is 32.5. The van der Waals surface area contributed by atoms with Crippen molar-refractivity contribution in [3.63, 3.8) is 0 Å². The lowest BCUT2D eigenvalue weighted by molar-refractivity contribution is -0.161. The molecule has 0 aliphatic rings. The number of allylic oxidation sites excluding steroid dienone is 16. The van der Waals surface area contributed by atoms with Crippen LogP contribution in [0.2, 0.25) is 0 Å². The quantitative estimate of drug-likeness (QED) is 0.0131. The van der Waals surface area contributed by atoms with Gasteiger partial charge in [0.2, 0.25) is 0 Å². The molecule has 0 saturated heterocycles. The van der Waals surface area contributed by atoms with Gasteiger partial charge in [0.05, 0.1) is 25.4 Å². The molecule has 0 aromatic carbocycles. The highest BCUT2D eigenvalue weighted by atomic mass is 31.2. The minimum Gasteiger partial charge on any atom is -0.480 e. The zero-order valence-corrected chi connectivity index (χ0v) is 36.4. The van der Waals surface area contributed by atoms with Crippen molar-refractivity contribution in [3.05, 3.63) is 122 Å². The van der Waals surface area contributed by atoms with E-state index in [1.165, 1.54) is 0 Å². The maximum absolute atomic E-state index is 12.6. The standard InChI is InChI=1S/C46H70NO12P/c1-3-5-7-8-9-10-11-12-13-14-15-16-17-22-30-36-45(51)59-42(38-57-60(54,55)58-39-43(47)46(52)53)37-56-44(50)35-29-21-19-18-20-26-32-41(49)34-28-24-23-27-33-40(48)31-25-6-4-2/h5-7,9-10,12-13,15-16,19-21,23-28,33-34,40-43,48-49H,3-4,8,11,14,17-18,22,29-32,35-39,47H2,1-2H3,(H,52,53)(H,54,55)/b7-5-,10-9-,13-12-,16-15-,21-19-,24-23-,25-6-,26-20-,33-27+,34-28+/t40-,41+,42-,43+/m1/s1. The molecule has 0 aromatic rings. The fraction of sp³-hybridized carbons (Fsp3) is 0.500. The van der Waals surface area contributed by atoms with Crippen molar-refractivity contribution in [2.75, 3.05) is 19.8 Å². The van der Waals surface area contributed by atoms with Crippen molar-refractivity contribution < 1.29 is 57.7 Å². The lowest BCUT2D eigenvalue weighted by atomic mass is 10.2. The van der Waals surface area contributed by atoms with Gasteiger partial charge < -0.3 is 35.4 Å². The first kappa shape index (κ1) is 55.8. The normalized spacial score (nSPS) is 16.0. The van der Waals surface area contributed by atoms with Gasteiger partial charge in [-0.25, -0.2) is 4.57 Å². The number of carbonyl (C=O) groups is 3. The van der Waals surface area contributed by atoms with E-state index in [4.69, 9.17) is 24.8 Å². The lowest BCUT2D eigenvalue weighted by Crippen LogP contribution is -2.34. The Morgan fingerprint density at radius 3 is 1.65 bits per heavy atom. The summed E-state index contributed by atoms with van der Waals surface area (Å²) in [4.78, 5) is 45.9. The first-order valence-electron chi connectivity index (χ1n) is 20.8. The van der Waals surface area contributed by atoms with Gasteiger partial charge in [0.25, 0.3) is 0 Å². The van der Waals surface area contributed by atoms with E-state index in [0.717, 1.165) is 44.9 Å². The summed E-state index contributed by atoms with van der Waals surface area (Å²) in [6.45, 7) is 2.24. The van der Waals surface area contributed by atoms with E-state index in [0.29, 0.717) is 32.1 Å². The summed E-state index contributed by atoms with van der Waals surface area (Å²) in [5.74, 6) is -2.65. The number of ether oxygens (including phenoxy) is 2. The molecule has 0 aliphatic carbocycles. The highest BCUT2D eigenvalue weighted by molar-refractivity contribution is 7.47. The Balaban J connectivity index is 4.71. The number of phosphoric ester groups is 1. The fourth-order valence-electron chi connectivity index (χ4n) is 4.61. The van der Waals surface area contributed by atoms with Crippen LogP contribution in [0.5, 0.6) is 0 Å². The number of hydrogen-bond acceptors (Lipinski definition) is 11. The number of carboxylic acid groups (broad SMARTS) is 1. The summed E-state index contributed by atoms with van der Waals surface area (Å²) in [5.41, 5.74) is 5.31. The number of aliphatic hydroxyl groups is 2. The predicted octanol–water partition coefficient (Wildman–Crippen LogP) is 8.77. The molecular formula is C46H70NO12P. The van der Waals surface area contributed by atoms with Gasteiger partial charge in [-0.15, -0.1) is 0 Å². The average Bonchev–Trinajstić information content (AvgIpc) is 3.21. The second kappa shape index (κ2) is 39.0. The number of rotatable bonds is 36. The van der Waals surface area contributed by atoms with Gasteiger partial charge in [0.15, 0.2) is 6.10 Å². The largest absolute Gasteiger partial charge is 0.480 e. The third-order valence-electron chi connectivity index (χ3n) is 7.88. The number of nitrogens with two attached hydrogens (primary N) is 1. The van der Waals surface area contributed by atoms with E-state index in [1.54, 1.807) is 42.5 Å². The van der Waals surface area contributed by atoms with Crippen LogP contribution in [0.1, 0.15) is 104 Å². The van der Waals surface area contributed by atoms with Crippen LogP contribution >= 0.6 is 7.82 Å². The summed E-state index contributed by atoms with van der Waals surface area (Å²) in [7, 11) is -4.78. The maximum atomic E-state index is 12.6. The van der Waals surface area contributed by atoms with Crippen molar-refractivity contribution in [3.8, 4) is 0 Å². The Labute approximate surface area is 357 Å². The molecule has 6 N–H and O–H groups in total. The van der Waals surface area contributed by atoms with Crippen LogP contribution in [-0.2, 0) is 37.5 Å². The number of unbranched alkanes of at least 4 members (excludes halogenated alkanes) is 2. The maximum Gasteiger partial charge on any atom is 0.472 e. The minimum absolute atomic E-state index is 0.0226. The molecule has 0 saturated carbocycles. The zero-order chi connectivity index (χ0) is 44.5. The molecule has 5 atom stereocenters. The molecule has 0 spiro atoms. The van der Waals surface area contributed by atoms with E-state index in [-0.39, 0.29) is 12.8 Å². The average molecular weight is 860 g/mol. The van der Waals surface area contributed by atoms with Crippen molar-refractivity contribution >= 4 is 25.7 Å². The number of hydrogen-bond donors (Lipinski definition) is 5. The molecule has 0 amide bonds. The first-order valence-corrected chi connectivity index (χ1v) is 22.3. The fourth-order valence-corrected chi connectivity index (χ4v) is 5.38. The zero-order valence-electron chi connectivity index (χ0n) is 35.5. The van der Waals surface area contributed by atoms with Crippen LogP contribution in [0.4, 0.5) is 0 Å². The van der Waals surface area contributed by atoms with E-state index in [9.17, 15) is 34.1 Å². The molecule has 0 heterocycles. The molecule has 0 bridgehead atoms. The Kier molecular flexibility index (Phi) is 36.2. The van der Waals surface area contributed by atoms with Gasteiger partial charge in [-0.2, -0.15) is 0 Å². The molecule has 336 valence electrons. The van der Waals surface area contributed by atoms with Crippen molar-refractivity contribution in [1.29, 1.82) is 0 Å². The number of phosphoric acid groups is 1. The molecule has 0 aromatic heterocycles. The highest BCUT2D eigenvalue weighted by Gasteiger charge is 2.28. The van der Waals surface area contributed by atoms with Crippen LogP contribution in [0.25, 0.3) is 0 Å². The van der Waals surface area contributed by atoms with Gasteiger partial charge in [0.1, 0.15) is 12.6 Å². The van der Waals surface area contributed by atoms with Crippen LogP contribution in [-0.4, -0.2) is 82.3 Å². The topological polar surface area (TPSA) is 212 Å². The molecule has 60 heavy (non-hydrogen) atoms. The minimum atomic E-state index is -4.78. The third-order valence-corrected chi connectivity index (χ3v) is 8.84.